The first-order valence-corrected chi connectivity index (χ1v) is 10.5. The molecule has 0 radical (unpaired) electrons. The number of aryl methyl sites for hydroxylation is 1. The second kappa shape index (κ2) is 12.2. The van der Waals surface area contributed by atoms with E-state index in [-0.39, 0.29) is 24.0 Å². The van der Waals surface area contributed by atoms with Gasteiger partial charge >= 0.3 is 0 Å². The molecule has 7 heteroatoms. The maximum Gasteiger partial charge on any atom is 0.191 e. The molecule has 0 amide bonds. The molecule has 2 N–H and O–H groups in total. The number of benzene rings is 1. The fraction of sp³-hybridized carbons (Fsp3) is 0.545. The van der Waals surface area contributed by atoms with Crippen LogP contribution in [-0.2, 0) is 6.54 Å². The number of likely N-dealkylation sites (tertiary alicyclic amines) is 1. The average Bonchev–Trinajstić information content (AvgIpc) is 3.01. The molecule has 0 spiro atoms. The fourth-order valence-electron chi connectivity index (χ4n) is 3.74. The zero-order valence-electron chi connectivity index (χ0n) is 17.9. The second-order valence-corrected chi connectivity index (χ2v) is 7.42. The van der Waals surface area contributed by atoms with Gasteiger partial charge in [0.25, 0.3) is 0 Å². The number of nitrogens with zero attached hydrogens (tertiary/aromatic N) is 4. The van der Waals surface area contributed by atoms with Crippen molar-refractivity contribution in [2.45, 2.75) is 46.6 Å². The third kappa shape index (κ3) is 6.70. The number of nitrogens with one attached hydrogen (secondary N) is 2. The van der Waals surface area contributed by atoms with E-state index in [1.807, 2.05) is 22.9 Å². The van der Waals surface area contributed by atoms with E-state index in [0.29, 0.717) is 6.54 Å². The highest BCUT2D eigenvalue weighted by Gasteiger charge is 2.13. The Morgan fingerprint density at radius 1 is 1.07 bits per heavy atom. The van der Waals surface area contributed by atoms with Crippen LogP contribution in [0.4, 0.5) is 0 Å². The van der Waals surface area contributed by atoms with Crippen LogP contribution in [0.1, 0.15) is 43.1 Å². The molecule has 0 atom stereocenters. The van der Waals surface area contributed by atoms with Crippen LogP contribution in [-0.4, -0.2) is 53.4 Å². The summed E-state index contributed by atoms with van der Waals surface area (Å²) in [6.07, 6.45) is 4.04. The number of aromatic nitrogens is 2. The van der Waals surface area contributed by atoms with Crippen molar-refractivity contribution < 1.29 is 0 Å². The average molecular weight is 510 g/mol. The molecule has 0 unspecified atom stereocenters. The summed E-state index contributed by atoms with van der Waals surface area (Å²) in [6, 6.07) is 10.3. The Morgan fingerprint density at radius 3 is 2.48 bits per heavy atom. The van der Waals surface area contributed by atoms with Gasteiger partial charge in [-0.3, -0.25) is 0 Å². The summed E-state index contributed by atoms with van der Waals surface area (Å²) in [6.45, 7) is 12.2. The van der Waals surface area contributed by atoms with Gasteiger partial charge in [-0.2, -0.15) is 5.10 Å². The maximum absolute atomic E-state index is 4.82. The molecule has 0 aliphatic carbocycles. The van der Waals surface area contributed by atoms with Gasteiger partial charge in [-0.1, -0.05) is 24.6 Å². The lowest BCUT2D eigenvalue weighted by Gasteiger charge is -2.26. The maximum atomic E-state index is 4.82. The van der Waals surface area contributed by atoms with E-state index in [0.717, 1.165) is 42.7 Å². The van der Waals surface area contributed by atoms with E-state index in [1.165, 1.54) is 37.9 Å². The van der Waals surface area contributed by atoms with Gasteiger partial charge in [0.1, 0.15) is 0 Å². The lowest BCUT2D eigenvalue weighted by Crippen LogP contribution is -2.42. The van der Waals surface area contributed by atoms with E-state index >= 15 is 0 Å². The number of guanidine groups is 1. The smallest absolute Gasteiger partial charge is 0.191 e. The van der Waals surface area contributed by atoms with Crippen molar-refractivity contribution in [3.8, 4) is 5.69 Å². The van der Waals surface area contributed by atoms with Crippen LogP contribution in [0.5, 0.6) is 0 Å². The second-order valence-electron chi connectivity index (χ2n) is 7.42. The lowest BCUT2D eigenvalue weighted by molar-refractivity contribution is 0.232. The number of hydrogen-bond donors (Lipinski definition) is 2. The van der Waals surface area contributed by atoms with Gasteiger partial charge in [-0.25, -0.2) is 9.67 Å². The van der Waals surface area contributed by atoms with Crippen molar-refractivity contribution in [3.63, 3.8) is 0 Å². The van der Waals surface area contributed by atoms with Gasteiger partial charge in [-0.15, -0.1) is 24.0 Å². The summed E-state index contributed by atoms with van der Waals surface area (Å²) in [5.41, 5.74) is 4.47. The number of rotatable bonds is 7. The first-order chi connectivity index (χ1) is 13.7. The molecule has 6 nitrogen and oxygen atoms in total. The first kappa shape index (κ1) is 23.7. The van der Waals surface area contributed by atoms with Crippen LogP contribution in [0.2, 0.25) is 0 Å². The third-order valence-corrected chi connectivity index (χ3v) is 5.35. The van der Waals surface area contributed by atoms with Crippen molar-refractivity contribution in [1.29, 1.82) is 0 Å². The van der Waals surface area contributed by atoms with Gasteiger partial charge < -0.3 is 15.5 Å². The van der Waals surface area contributed by atoms with Crippen molar-refractivity contribution in [1.82, 2.24) is 25.3 Å². The molecule has 1 fully saturated rings. The van der Waals surface area contributed by atoms with Crippen LogP contribution in [0, 0.1) is 13.8 Å². The molecule has 2 aromatic rings. The summed E-state index contributed by atoms with van der Waals surface area (Å²) in [7, 11) is 0. The highest BCUT2D eigenvalue weighted by Crippen LogP contribution is 2.18. The fourth-order valence-corrected chi connectivity index (χ4v) is 3.74. The van der Waals surface area contributed by atoms with Crippen molar-refractivity contribution in [2.75, 3.05) is 32.7 Å². The van der Waals surface area contributed by atoms with Crippen LogP contribution in [0.3, 0.4) is 0 Å². The Morgan fingerprint density at radius 2 is 1.79 bits per heavy atom. The number of hydrogen-bond acceptors (Lipinski definition) is 3. The Kier molecular flexibility index (Phi) is 9.93. The summed E-state index contributed by atoms with van der Waals surface area (Å²) < 4.78 is 2.01. The minimum absolute atomic E-state index is 0. The first-order valence-electron chi connectivity index (χ1n) is 10.5. The van der Waals surface area contributed by atoms with Gasteiger partial charge in [0.15, 0.2) is 5.96 Å². The van der Waals surface area contributed by atoms with Gasteiger partial charge in [0.05, 0.1) is 17.9 Å². The Hall–Kier alpha value is -1.61. The molecule has 2 heterocycles. The van der Waals surface area contributed by atoms with Gasteiger partial charge in [-0.05, 0) is 58.8 Å². The minimum Gasteiger partial charge on any atom is -0.357 e. The Bertz CT molecular complexity index is 765. The van der Waals surface area contributed by atoms with E-state index in [1.54, 1.807) is 0 Å². The zero-order valence-corrected chi connectivity index (χ0v) is 20.3. The highest BCUT2D eigenvalue weighted by molar-refractivity contribution is 14.0. The van der Waals surface area contributed by atoms with Gasteiger partial charge in [0.2, 0.25) is 0 Å². The molecule has 0 saturated carbocycles. The SMILES string of the molecule is CCNC(=NCc1c(C)nn(-c2ccccc2)c1C)NCCN1CCCCC1.I. The van der Waals surface area contributed by atoms with E-state index in [4.69, 9.17) is 10.1 Å². The van der Waals surface area contributed by atoms with Crippen LogP contribution >= 0.6 is 24.0 Å². The quantitative estimate of drug-likeness (QED) is 0.339. The molecule has 0 bridgehead atoms. The molecule has 1 aromatic heterocycles. The van der Waals surface area contributed by atoms with E-state index < -0.39 is 0 Å². The van der Waals surface area contributed by atoms with Crippen LogP contribution in [0.25, 0.3) is 5.69 Å². The minimum atomic E-state index is 0. The molecule has 160 valence electrons. The molecular weight excluding hydrogens is 475 g/mol. The number of halogens is 1. The molecular formula is C22H35IN6. The number of para-hydroxylation sites is 1. The van der Waals surface area contributed by atoms with Crippen molar-refractivity contribution in [3.05, 3.63) is 47.3 Å². The lowest BCUT2D eigenvalue weighted by atomic mass is 10.1. The summed E-state index contributed by atoms with van der Waals surface area (Å²) in [4.78, 5) is 7.36. The van der Waals surface area contributed by atoms with Crippen LogP contribution in [0.15, 0.2) is 35.3 Å². The predicted molar refractivity (Wildman–Crippen MR) is 132 cm³/mol. The summed E-state index contributed by atoms with van der Waals surface area (Å²) >= 11 is 0. The molecule has 1 saturated heterocycles. The van der Waals surface area contributed by atoms with Crippen LogP contribution < -0.4 is 10.6 Å². The number of aliphatic imine (C=N–C) groups is 1. The predicted octanol–water partition coefficient (Wildman–Crippen LogP) is 3.65. The summed E-state index contributed by atoms with van der Waals surface area (Å²) in [5, 5.41) is 11.6. The van der Waals surface area contributed by atoms with Crippen molar-refractivity contribution >= 4 is 29.9 Å². The standard InChI is InChI=1S/C22H34N6.HI/c1-4-23-22(24-13-16-27-14-9-6-10-15-27)25-17-21-18(2)26-28(19(21)3)20-11-7-5-8-12-20;/h5,7-8,11-12H,4,6,9-10,13-17H2,1-3H3,(H2,23,24,25);1H. The van der Waals surface area contributed by atoms with E-state index in [2.05, 4.69) is 48.4 Å². The Balaban J connectivity index is 0.00000300. The monoisotopic (exact) mass is 510 g/mol. The molecule has 1 aromatic carbocycles. The largest absolute Gasteiger partial charge is 0.357 e. The molecule has 1 aliphatic rings. The topological polar surface area (TPSA) is 57.5 Å². The Labute approximate surface area is 192 Å². The third-order valence-electron chi connectivity index (χ3n) is 5.35. The van der Waals surface area contributed by atoms with Gasteiger partial charge in [0, 0.05) is 30.9 Å². The number of piperidine rings is 1. The molecule has 3 rings (SSSR count). The normalized spacial score (nSPS) is 15.1. The summed E-state index contributed by atoms with van der Waals surface area (Å²) in [5.74, 6) is 0.880. The van der Waals surface area contributed by atoms with Crippen molar-refractivity contribution in [2.24, 2.45) is 4.99 Å². The van der Waals surface area contributed by atoms with E-state index in [9.17, 15) is 0 Å². The highest BCUT2D eigenvalue weighted by atomic mass is 127. The zero-order chi connectivity index (χ0) is 19.8. The molecule has 29 heavy (non-hydrogen) atoms. The molecule has 1 aliphatic heterocycles.